The Bertz CT molecular complexity index is 713. The van der Waals surface area contributed by atoms with E-state index in [1.165, 1.54) is 22.3 Å². The van der Waals surface area contributed by atoms with Crippen LogP contribution in [0.1, 0.15) is 51.7 Å². The normalized spacial score (nSPS) is 11.2. The van der Waals surface area contributed by atoms with Gasteiger partial charge in [-0.25, -0.2) is 4.79 Å². The van der Waals surface area contributed by atoms with Crippen molar-refractivity contribution in [2.24, 2.45) is 0 Å². The molecular formula is C18H25NO3. The van der Waals surface area contributed by atoms with E-state index in [1.807, 2.05) is 0 Å². The van der Waals surface area contributed by atoms with E-state index < -0.39 is 0 Å². The molecule has 22 heavy (non-hydrogen) atoms. The molecule has 0 atom stereocenters. The van der Waals surface area contributed by atoms with Crippen LogP contribution in [0.2, 0.25) is 0 Å². The number of carbonyl (C=O) groups excluding carboxylic acids is 1. The zero-order chi connectivity index (χ0) is 16.4. The van der Waals surface area contributed by atoms with Crippen molar-refractivity contribution >= 4 is 16.9 Å². The van der Waals surface area contributed by atoms with E-state index in [0.717, 1.165) is 16.5 Å². The first-order valence-corrected chi connectivity index (χ1v) is 7.82. The molecule has 0 amide bonds. The molecule has 0 radical (unpaired) electrons. The smallest absolute Gasteiger partial charge is 0.355 e. The molecule has 0 aliphatic rings. The van der Waals surface area contributed by atoms with Crippen LogP contribution in [0.3, 0.4) is 0 Å². The van der Waals surface area contributed by atoms with Gasteiger partial charge in [0.15, 0.2) is 0 Å². The Hall–Kier alpha value is -1.81. The third kappa shape index (κ3) is 2.63. The number of benzene rings is 1. The lowest BCUT2D eigenvalue weighted by Gasteiger charge is -2.12. The van der Waals surface area contributed by atoms with E-state index >= 15 is 0 Å². The number of hydrogen-bond acceptors (Lipinski definition) is 3. The average molecular weight is 303 g/mol. The molecule has 0 fully saturated rings. The second kappa shape index (κ2) is 6.53. The van der Waals surface area contributed by atoms with Crippen molar-refractivity contribution in [3.63, 3.8) is 0 Å². The third-order valence-electron chi connectivity index (χ3n) is 4.61. The topological polar surface area (TPSA) is 62.3 Å². The minimum Gasteiger partial charge on any atom is -0.461 e. The predicted octanol–water partition coefficient (Wildman–Crippen LogP) is 3.50. The van der Waals surface area contributed by atoms with E-state index in [-0.39, 0.29) is 12.6 Å². The quantitative estimate of drug-likeness (QED) is 0.831. The van der Waals surface area contributed by atoms with Gasteiger partial charge in [-0.05, 0) is 75.3 Å². The lowest BCUT2D eigenvalue weighted by molar-refractivity contribution is 0.0519. The zero-order valence-corrected chi connectivity index (χ0v) is 14.1. The number of aromatic amines is 1. The number of hydrogen-bond donors (Lipinski definition) is 2. The Morgan fingerprint density at radius 3 is 2.32 bits per heavy atom. The molecule has 4 heteroatoms. The van der Waals surface area contributed by atoms with Crippen LogP contribution in [-0.4, -0.2) is 29.3 Å². The third-order valence-corrected chi connectivity index (χ3v) is 4.61. The molecule has 0 bridgehead atoms. The molecule has 2 rings (SSSR count). The second-order valence-corrected chi connectivity index (χ2v) is 5.78. The summed E-state index contributed by atoms with van der Waals surface area (Å²) < 4.78 is 5.19. The van der Waals surface area contributed by atoms with Crippen LogP contribution in [-0.2, 0) is 11.2 Å². The summed E-state index contributed by atoms with van der Waals surface area (Å²) in [5.41, 5.74) is 7.36. The minimum absolute atomic E-state index is 0.109. The molecule has 0 aliphatic heterocycles. The fraction of sp³-hybridized carbons (Fsp3) is 0.500. The lowest BCUT2D eigenvalue weighted by Crippen LogP contribution is -2.08. The van der Waals surface area contributed by atoms with Gasteiger partial charge < -0.3 is 14.8 Å². The van der Waals surface area contributed by atoms with E-state index in [4.69, 9.17) is 9.84 Å². The number of aliphatic hydroxyl groups is 1. The van der Waals surface area contributed by atoms with Crippen LogP contribution in [0.25, 0.3) is 10.9 Å². The Morgan fingerprint density at radius 2 is 1.73 bits per heavy atom. The molecular weight excluding hydrogens is 278 g/mol. The van der Waals surface area contributed by atoms with Crippen molar-refractivity contribution in [3.05, 3.63) is 33.5 Å². The molecule has 0 spiro atoms. The maximum atomic E-state index is 12.3. The van der Waals surface area contributed by atoms with E-state index in [2.05, 4.69) is 32.7 Å². The molecule has 0 saturated heterocycles. The Labute approximate surface area is 131 Å². The summed E-state index contributed by atoms with van der Waals surface area (Å²) in [6.07, 6.45) is 1.29. The van der Waals surface area contributed by atoms with Crippen LogP contribution < -0.4 is 0 Å². The maximum absolute atomic E-state index is 12.3. The van der Waals surface area contributed by atoms with Crippen molar-refractivity contribution in [1.82, 2.24) is 4.98 Å². The van der Waals surface area contributed by atoms with E-state index in [0.29, 0.717) is 25.1 Å². The lowest BCUT2D eigenvalue weighted by atomic mass is 9.92. The van der Waals surface area contributed by atoms with Crippen LogP contribution in [0.15, 0.2) is 0 Å². The van der Waals surface area contributed by atoms with Crippen molar-refractivity contribution in [1.29, 1.82) is 0 Å². The van der Waals surface area contributed by atoms with Crippen LogP contribution in [0, 0.1) is 27.7 Å². The van der Waals surface area contributed by atoms with Crippen LogP contribution in [0.4, 0.5) is 0 Å². The van der Waals surface area contributed by atoms with Gasteiger partial charge in [-0.15, -0.1) is 0 Å². The van der Waals surface area contributed by atoms with E-state index in [1.54, 1.807) is 6.92 Å². The first-order valence-electron chi connectivity index (χ1n) is 7.82. The molecule has 1 heterocycles. The van der Waals surface area contributed by atoms with Gasteiger partial charge in [0.1, 0.15) is 5.69 Å². The molecule has 0 unspecified atom stereocenters. The summed E-state index contributed by atoms with van der Waals surface area (Å²) in [5, 5.41) is 10.3. The second-order valence-electron chi connectivity index (χ2n) is 5.78. The standard InChI is InChI=1S/C18H25NO3/c1-6-22-18(21)17-14(8-7-9-20)15-12(4)10(2)11(3)13(5)16(15)19-17/h19-20H,6-9H2,1-5H3. The number of aryl methyl sites for hydroxylation is 3. The van der Waals surface area contributed by atoms with Crippen molar-refractivity contribution in [2.75, 3.05) is 13.2 Å². The summed E-state index contributed by atoms with van der Waals surface area (Å²) in [6, 6.07) is 0. The number of aliphatic hydroxyl groups excluding tert-OH is 1. The maximum Gasteiger partial charge on any atom is 0.355 e. The van der Waals surface area contributed by atoms with Gasteiger partial charge >= 0.3 is 5.97 Å². The molecule has 0 saturated carbocycles. The van der Waals surface area contributed by atoms with Crippen LogP contribution >= 0.6 is 0 Å². The highest BCUT2D eigenvalue weighted by Gasteiger charge is 2.22. The van der Waals surface area contributed by atoms with Gasteiger partial charge in [0.2, 0.25) is 0 Å². The van der Waals surface area contributed by atoms with Gasteiger partial charge in [0.25, 0.3) is 0 Å². The summed E-state index contributed by atoms with van der Waals surface area (Å²) in [4.78, 5) is 15.6. The van der Waals surface area contributed by atoms with Crippen molar-refractivity contribution in [3.8, 4) is 0 Å². The van der Waals surface area contributed by atoms with Gasteiger partial charge in [-0.1, -0.05) is 0 Å². The Balaban J connectivity index is 2.77. The average Bonchev–Trinajstić information content (AvgIpc) is 2.88. The summed E-state index contributed by atoms with van der Waals surface area (Å²) in [6.45, 7) is 10.7. The fourth-order valence-electron chi connectivity index (χ4n) is 3.05. The SMILES string of the molecule is CCOC(=O)c1[nH]c2c(C)c(C)c(C)c(C)c2c1CCCO. The number of ether oxygens (including phenoxy) is 1. The first kappa shape index (κ1) is 16.6. The number of fused-ring (bicyclic) bond motifs is 1. The highest BCUT2D eigenvalue weighted by atomic mass is 16.5. The highest BCUT2D eigenvalue weighted by Crippen LogP contribution is 2.34. The van der Waals surface area contributed by atoms with Gasteiger partial charge in [0, 0.05) is 17.5 Å². The molecule has 2 N–H and O–H groups in total. The van der Waals surface area contributed by atoms with Crippen molar-refractivity contribution < 1.29 is 14.6 Å². The Kier molecular flexibility index (Phi) is 4.91. The number of carbonyl (C=O) groups is 1. The summed E-state index contributed by atoms with van der Waals surface area (Å²) >= 11 is 0. The number of rotatable bonds is 5. The minimum atomic E-state index is -0.319. The Morgan fingerprint density at radius 1 is 1.09 bits per heavy atom. The highest BCUT2D eigenvalue weighted by molar-refractivity contribution is 6.01. The number of esters is 1. The number of nitrogens with one attached hydrogen (secondary N) is 1. The number of H-pyrrole nitrogens is 1. The summed E-state index contributed by atoms with van der Waals surface area (Å²) in [7, 11) is 0. The molecule has 2 aromatic rings. The summed E-state index contributed by atoms with van der Waals surface area (Å²) in [5.74, 6) is -0.319. The molecule has 1 aromatic heterocycles. The molecule has 1 aromatic carbocycles. The monoisotopic (exact) mass is 303 g/mol. The molecule has 0 aliphatic carbocycles. The first-order chi connectivity index (χ1) is 10.4. The van der Waals surface area contributed by atoms with E-state index in [9.17, 15) is 4.79 Å². The van der Waals surface area contributed by atoms with Gasteiger partial charge in [0.05, 0.1) is 6.61 Å². The fourth-order valence-corrected chi connectivity index (χ4v) is 3.05. The molecule has 120 valence electrons. The van der Waals surface area contributed by atoms with Crippen molar-refractivity contribution in [2.45, 2.75) is 47.5 Å². The zero-order valence-electron chi connectivity index (χ0n) is 14.1. The predicted molar refractivity (Wildman–Crippen MR) is 88.6 cm³/mol. The molecule has 4 nitrogen and oxygen atoms in total. The van der Waals surface area contributed by atoms with Gasteiger partial charge in [-0.3, -0.25) is 0 Å². The van der Waals surface area contributed by atoms with Gasteiger partial charge in [-0.2, -0.15) is 0 Å². The van der Waals surface area contributed by atoms with Crippen LogP contribution in [0.5, 0.6) is 0 Å². The largest absolute Gasteiger partial charge is 0.461 e. The number of aromatic nitrogens is 1.